The van der Waals surface area contributed by atoms with Crippen LogP contribution in [-0.2, 0) is 0 Å². The third-order valence-corrected chi connectivity index (χ3v) is 6.99. The second kappa shape index (κ2) is 11.5. The second-order valence-corrected chi connectivity index (χ2v) is 9.15. The van der Waals surface area contributed by atoms with Gasteiger partial charge in [-0.2, -0.15) is 0 Å². The number of hydrogen-bond donors (Lipinski definition) is 0. The first-order chi connectivity index (χ1) is 14.2. The van der Waals surface area contributed by atoms with Crippen molar-refractivity contribution < 1.29 is 8.78 Å². The fourth-order valence-electron chi connectivity index (χ4n) is 5.04. The van der Waals surface area contributed by atoms with Gasteiger partial charge in [-0.1, -0.05) is 56.6 Å². The van der Waals surface area contributed by atoms with Crippen LogP contribution in [0.15, 0.2) is 30.4 Å². The standard InChI is InChI=1S/C27H36F2/c1-2-3-4-7-21-10-12-22(13-11-21)8-5-6-9-23-14-16-24(17-15-23)25-18-19-26(28)27(29)20-25/h5,8,18-24H,2-4,7,10-17H2,1H3/b8-5+/t21-,22-,23-,24-. The Bertz CT molecular complexity index is 708. The third kappa shape index (κ3) is 6.98. The first-order valence-corrected chi connectivity index (χ1v) is 11.8. The van der Waals surface area contributed by atoms with Crippen LogP contribution < -0.4 is 0 Å². The molecule has 0 N–H and O–H groups in total. The summed E-state index contributed by atoms with van der Waals surface area (Å²) < 4.78 is 26.6. The molecule has 158 valence electrons. The van der Waals surface area contributed by atoms with Crippen LogP contribution in [0.1, 0.15) is 95.5 Å². The van der Waals surface area contributed by atoms with Crippen molar-refractivity contribution in [1.82, 2.24) is 0 Å². The van der Waals surface area contributed by atoms with Crippen molar-refractivity contribution in [3.63, 3.8) is 0 Å². The molecule has 1 aromatic rings. The van der Waals surface area contributed by atoms with Gasteiger partial charge >= 0.3 is 0 Å². The highest BCUT2D eigenvalue weighted by atomic mass is 19.2. The van der Waals surface area contributed by atoms with Gasteiger partial charge in [0.05, 0.1) is 0 Å². The van der Waals surface area contributed by atoms with Crippen LogP contribution in [0.3, 0.4) is 0 Å². The average molecular weight is 399 g/mol. The Balaban J connectivity index is 1.37. The summed E-state index contributed by atoms with van der Waals surface area (Å²) in [6.45, 7) is 2.28. The Morgan fingerprint density at radius 2 is 1.69 bits per heavy atom. The SMILES string of the molecule is CCCCC[C@H]1CC[C@H](/C=C/C#C[C@H]2CC[C@H](c3ccc(F)c(F)c3)CC2)CC1. The van der Waals surface area contributed by atoms with Gasteiger partial charge < -0.3 is 0 Å². The molecule has 2 aliphatic rings. The van der Waals surface area contributed by atoms with Gasteiger partial charge in [0.15, 0.2) is 11.6 Å². The van der Waals surface area contributed by atoms with E-state index in [1.54, 1.807) is 6.07 Å². The van der Waals surface area contributed by atoms with Crippen LogP contribution in [0.5, 0.6) is 0 Å². The minimum Gasteiger partial charge on any atom is -0.204 e. The van der Waals surface area contributed by atoms with Gasteiger partial charge in [0.2, 0.25) is 0 Å². The molecule has 0 atom stereocenters. The molecule has 0 spiro atoms. The molecule has 29 heavy (non-hydrogen) atoms. The van der Waals surface area contributed by atoms with Crippen molar-refractivity contribution in [2.75, 3.05) is 0 Å². The predicted molar refractivity (Wildman–Crippen MR) is 118 cm³/mol. The van der Waals surface area contributed by atoms with E-state index in [0.717, 1.165) is 43.1 Å². The van der Waals surface area contributed by atoms with E-state index in [-0.39, 0.29) is 0 Å². The smallest absolute Gasteiger partial charge is 0.159 e. The molecule has 0 aliphatic heterocycles. The number of hydrogen-bond acceptors (Lipinski definition) is 0. The largest absolute Gasteiger partial charge is 0.204 e. The van der Waals surface area contributed by atoms with Crippen molar-refractivity contribution in [1.29, 1.82) is 0 Å². The van der Waals surface area contributed by atoms with Gasteiger partial charge in [0, 0.05) is 5.92 Å². The minimum atomic E-state index is -0.759. The normalized spacial score (nSPS) is 27.6. The Morgan fingerprint density at radius 3 is 2.38 bits per heavy atom. The maximum absolute atomic E-state index is 13.5. The van der Waals surface area contributed by atoms with E-state index >= 15 is 0 Å². The zero-order chi connectivity index (χ0) is 20.5. The summed E-state index contributed by atoms with van der Waals surface area (Å²) in [6, 6.07) is 4.35. The molecule has 2 fully saturated rings. The number of unbranched alkanes of at least 4 members (excludes halogenated alkanes) is 2. The summed E-state index contributed by atoms with van der Waals surface area (Å²) in [5.74, 6) is 7.68. The molecule has 2 heteroatoms. The van der Waals surface area contributed by atoms with Crippen molar-refractivity contribution in [2.45, 2.75) is 89.9 Å². The van der Waals surface area contributed by atoms with Crippen LogP contribution in [0, 0.1) is 41.2 Å². The summed E-state index contributed by atoms with van der Waals surface area (Å²) in [7, 11) is 0. The monoisotopic (exact) mass is 398 g/mol. The van der Waals surface area contributed by atoms with Gasteiger partial charge in [-0.05, 0) is 92.9 Å². The maximum Gasteiger partial charge on any atom is 0.159 e. The number of benzene rings is 1. The highest BCUT2D eigenvalue weighted by Crippen LogP contribution is 2.36. The molecule has 0 radical (unpaired) electrons. The van der Waals surface area contributed by atoms with E-state index in [1.807, 2.05) is 0 Å². The van der Waals surface area contributed by atoms with Crippen LogP contribution >= 0.6 is 0 Å². The molecule has 1 aromatic carbocycles. The summed E-state index contributed by atoms with van der Waals surface area (Å²) in [6.07, 6.45) is 19.5. The molecule has 0 aromatic heterocycles. The topological polar surface area (TPSA) is 0 Å². The summed E-state index contributed by atoms with van der Waals surface area (Å²) in [5.41, 5.74) is 0.931. The van der Waals surface area contributed by atoms with Crippen molar-refractivity contribution in [3.8, 4) is 11.8 Å². The van der Waals surface area contributed by atoms with Crippen LogP contribution in [0.4, 0.5) is 8.78 Å². The molecule has 0 nitrogen and oxygen atoms in total. The first kappa shape index (κ1) is 22.1. The molecule has 0 heterocycles. The van der Waals surface area contributed by atoms with Gasteiger partial charge in [-0.25, -0.2) is 8.78 Å². The highest BCUT2D eigenvalue weighted by molar-refractivity contribution is 5.23. The zero-order valence-corrected chi connectivity index (χ0v) is 17.9. The average Bonchev–Trinajstić information content (AvgIpc) is 2.75. The van der Waals surface area contributed by atoms with E-state index in [1.165, 1.54) is 63.5 Å². The molecular weight excluding hydrogens is 362 g/mol. The molecule has 0 bridgehead atoms. The van der Waals surface area contributed by atoms with Gasteiger partial charge in [0.25, 0.3) is 0 Å². The predicted octanol–water partition coefficient (Wildman–Crippen LogP) is 8.18. The lowest BCUT2D eigenvalue weighted by Crippen LogP contribution is -2.13. The van der Waals surface area contributed by atoms with Crippen molar-refractivity contribution in [2.24, 2.45) is 17.8 Å². The molecule has 2 aliphatic carbocycles. The second-order valence-electron chi connectivity index (χ2n) is 9.15. The Hall–Kier alpha value is -1.62. The van der Waals surface area contributed by atoms with Gasteiger partial charge in [-0.15, -0.1) is 0 Å². The minimum absolute atomic E-state index is 0.339. The number of rotatable bonds is 6. The Labute approximate surface area is 176 Å². The van der Waals surface area contributed by atoms with Crippen LogP contribution in [-0.4, -0.2) is 0 Å². The van der Waals surface area contributed by atoms with Crippen LogP contribution in [0.25, 0.3) is 0 Å². The summed E-state index contributed by atoms with van der Waals surface area (Å²) >= 11 is 0. The molecule has 2 saturated carbocycles. The van der Waals surface area contributed by atoms with Gasteiger partial charge in [0.1, 0.15) is 0 Å². The Kier molecular flexibility index (Phi) is 8.78. The lowest BCUT2D eigenvalue weighted by Gasteiger charge is -2.26. The van der Waals surface area contributed by atoms with E-state index in [9.17, 15) is 8.78 Å². The molecule has 0 amide bonds. The third-order valence-electron chi connectivity index (χ3n) is 6.99. The Morgan fingerprint density at radius 1 is 0.931 bits per heavy atom. The van der Waals surface area contributed by atoms with E-state index in [4.69, 9.17) is 0 Å². The fraction of sp³-hybridized carbons (Fsp3) is 0.630. The van der Waals surface area contributed by atoms with Gasteiger partial charge in [-0.3, -0.25) is 0 Å². The van der Waals surface area contributed by atoms with Crippen molar-refractivity contribution >= 4 is 0 Å². The lowest BCUT2D eigenvalue weighted by atomic mass is 9.79. The molecule has 3 rings (SSSR count). The van der Waals surface area contributed by atoms with E-state index in [0.29, 0.717) is 11.8 Å². The number of halogens is 2. The highest BCUT2D eigenvalue weighted by Gasteiger charge is 2.22. The maximum atomic E-state index is 13.5. The fourth-order valence-corrected chi connectivity index (χ4v) is 5.04. The zero-order valence-electron chi connectivity index (χ0n) is 17.9. The number of allylic oxidation sites excluding steroid dienone is 2. The molecule has 0 unspecified atom stereocenters. The molecular formula is C27H36F2. The van der Waals surface area contributed by atoms with E-state index < -0.39 is 11.6 Å². The first-order valence-electron chi connectivity index (χ1n) is 11.8. The van der Waals surface area contributed by atoms with E-state index in [2.05, 4.69) is 30.9 Å². The summed E-state index contributed by atoms with van der Waals surface area (Å²) in [4.78, 5) is 0. The van der Waals surface area contributed by atoms with Crippen LogP contribution in [0.2, 0.25) is 0 Å². The van der Waals surface area contributed by atoms with Crippen molar-refractivity contribution in [3.05, 3.63) is 47.5 Å². The quantitative estimate of drug-likeness (QED) is 0.335. The summed E-state index contributed by atoms with van der Waals surface area (Å²) in [5, 5.41) is 0. The lowest BCUT2D eigenvalue weighted by molar-refractivity contribution is 0.289. The molecule has 0 saturated heterocycles.